The van der Waals surface area contributed by atoms with Crippen LogP contribution in [0.5, 0.6) is 0 Å². The van der Waals surface area contributed by atoms with E-state index in [1.54, 1.807) is 0 Å². The van der Waals surface area contributed by atoms with E-state index in [9.17, 15) is 19.5 Å². The Morgan fingerprint density at radius 1 is 1.03 bits per heavy atom. The number of aliphatic hydroxyl groups excluding tert-OH is 1. The van der Waals surface area contributed by atoms with Crippen molar-refractivity contribution >= 4 is 18.0 Å². The van der Waals surface area contributed by atoms with Crippen molar-refractivity contribution in [1.29, 1.82) is 0 Å². The third kappa shape index (κ3) is 6.55. The van der Waals surface area contributed by atoms with Gasteiger partial charge in [0, 0.05) is 12.5 Å². The minimum Gasteiger partial charge on any atom is -0.481 e. The number of carboxylic acid groups (broad SMARTS) is 1. The van der Waals surface area contributed by atoms with E-state index in [0.717, 1.165) is 22.3 Å². The van der Waals surface area contributed by atoms with Crippen LogP contribution >= 0.6 is 0 Å². The van der Waals surface area contributed by atoms with Crippen LogP contribution in [-0.2, 0) is 14.3 Å². The molecule has 0 fully saturated rings. The average molecular weight is 470 g/mol. The molecule has 1 aliphatic carbocycles. The molecule has 0 radical (unpaired) electrons. The zero-order valence-electron chi connectivity index (χ0n) is 19.4. The number of amides is 2. The number of aliphatic hydroxyl groups is 1. The van der Waals surface area contributed by atoms with Crippen molar-refractivity contribution in [3.63, 3.8) is 0 Å². The first-order chi connectivity index (χ1) is 16.3. The number of hydrogen-bond acceptors (Lipinski definition) is 6. The molecule has 2 amide bonds. The first-order valence-corrected chi connectivity index (χ1v) is 11.2. The van der Waals surface area contributed by atoms with Crippen molar-refractivity contribution < 1.29 is 29.3 Å². The van der Waals surface area contributed by atoms with Crippen LogP contribution in [0.3, 0.4) is 0 Å². The molecular formula is C25H31N3O6. The monoisotopic (exact) mass is 469 g/mol. The van der Waals surface area contributed by atoms with E-state index >= 15 is 0 Å². The topological polar surface area (TPSA) is 128 Å². The lowest BCUT2D eigenvalue weighted by Crippen LogP contribution is -2.49. The Bertz CT molecular complexity index is 980. The van der Waals surface area contributed by atoms with E-state index in [-0.39, 0.29) is 19.1 Å². The summed E-state index contributed by atoms with van der Waals surface area (Å²) in [4.78, 5) is 37.8. The highest BCUT2D eigenvalue weighted by Gasteiger charge is 2.30. The lowest BCUT2D eigenvalue weighted by molar-refractivity contribution is -0.139. The van der Waals surface area contributed by atoms with Crippen molar-refractivity contribution in [3.8, 4) is 11.1 Å². The number of ether oxygens (including phenoxy) is 1. The van der Waals surface area contributed by atoms with E-state index in [0.29, 0.717) is 13.0 Å². The van der Waals surface area contributed by atoms with Crippen molar-refractivity contribution in [2.24, 2.45) is 0 Å². The van der Waals surface area contributed by atoms with E-state index in [1.807, 2.05) is 55.4 Å². The number of rotatable bonds is 11. The third-order valence-corrected chi connectivity index (χ3v) is 5.74. The number of aliphatic carboxylic acids is 1. The average Bonchev–Trinajstić information content (AvgIpc) is 3.12. The molecule has 2 atom stereocenters. The summed E-state index contributed by atoms with van der Waals surface area (Å²) in [5.74, 6) is -1.78. The predicted octanol–water partition coefficient (Wildman–Crippen LogP) is 1.80. The Kier molecular flexibility index (Phi) is 8.61. The first-order valence-electron chi connectivity index (χ1n) is 11.2. The van der Waals surface area contributed by atoms with Gasteiger partial charge < -0.3 is 30.5 Å². The number of carbonyl (C=O) groups excluding carboxylic acids is 2. The van der Waals surface area contributed by atoms with Crippen LogP contribution in [0.15, 0.2) is 48.5 Å². The normalized spacial score (nSPS) is 14.1. The molecule has 9 nitrogen and oxygen atoms in total. The molecule has 9 heteroatoms. The number of nitrogens with one attached hydrogen (secondary N) is 2. The standard InChI is InChI=1S/C25H31N3O6/c1-28(2)12-11-22(24(32)26-14-16(29)13-23(30)31)27-25(33)34-15-21-19-9-5-3-7-17(19)18-8-4-6-10-20(18)21/h3-10,16,21-22,29H,11-15H2,1-2H3,(H,26,32)(H,27,33)(H,30,31). The maximum atomic E-state index is 12.6. The fourth-order valence-electron chi connectivity index (χ4n) is 4.05. The van der Waals surface area contributed by atoms with Gasteiger partial charge in [0.15, 0.2) is 0 Å². The molecule has 0 aliphatic heterocycles. The summed E-state index contributed by atoms with van der Waals surface area (Å²) in [5.41, 5.74) is 4.42. The first kappa shape index (κ1) is 25.2. The molecule has 2 aromatic carbocycles. The highest BCUT2D eigenvalue weighted by Crippen LogP contribution is 2.44. The van der Waals surface area contributed by atoms with Gasteiger partial charge in [-0.15, -0.1) is 0 Å². The number of nitrogens with zero attached hydrogens (tertiary/aromatic N) is 1. The fourth-order valence-corrected chi connectivity index (χ4v) is 4.05. The zero-order chi connectivity index (χ0) is 24.7. The van der Waals surface area contributed by atoms with Gasteiger partial charge in [-0.1, -0.05) is 48.5 Å². The molecule has 0 spiro atoms. The maximum Gasteiger partial charge on any atom is 0.407 e. The van der Waals surface area contributed by atoms with Gasteiger partial charge in [-0.2, -0.15) is 0 Å². The molecule has 0 saturated heterocycles. The predicted molar refractivity (Wildman–Crippen MR) is 126 cm³/mol. The molecule has 2 unspecified atom stereocenters. The van der Waals surface area contributed by atoms with Gasteiger partial charge in [0.05, 0.1) is 12.5 Å². The summed E-state index contributed by atoms with van der Waals surface area (Å²) < 4.78 is 5.53. The van der Waals surface area contributed by atoms with Crippen LogP contribution in [0.4, 0.5) is 4.79 Å². The number of fused-ring (bicyclic) bond motifs is 3. The van der Waals surface area contributed by atoms with E-state index in [2.05, 4.69) is 22.8 Å². The van der Waals surface area contributed by atoms with Crippen LogP contribution in [0.25, 0.3) is 11.1 Å². The van der Waals surface area contributed by atoms with Gasteiger partial charge in [-0.05, 0) is 49.3 Å². The Morgan fingerprint density at radius 3 is 2.18 bits per heavy atom. The highest BCUT2D eigenvalue weighted by atomic mass is 16.5. The van der Waals surface area contributed by atoms with Crippen molar-refractivity contribution in [1.82, 2.24) is 15.5 Å². The minimum atomic E-state index is -1.22. The van der Waals surface area contributed by atoms with Gasteiger partial charge >= 0.3 is 12.1 Å². The lowest BCUT2D eigenvalue weighted by atomic mass is 9.98. The summed E-state index contributed by atoms with van der Waals surface area (Å²) in [6, 6.07) is 15.1. The van der Waals surface area contributed by atoms with Crippen LogP contribution in [0, 0.1) is 0 Å². The van der Waals surface area contributed by atoms with Gasteiger partial charge in [0.2, 0.25) is 5.91 Å². The second-order valence-electron chi connectivity index (χ2n) is 8.61. The molecule has 0 aromatic heterocycles. The molecule has 2 aromatic rings. The smallest absolute Gasteiger partial charge is 0.407 e. The highest BCUT2D eigenvalue weighted by molar-refractivity contribution is 5.86. The van der Waals surface area contributed by atoms with E-state index in [1.165, 1.54) is 0 Å². The third-order valence-electron chi connectivity index (χ3n) is 5.74. The Balaban J connectivity index is 1.61. The van der Waals surface area contributed by atoms with Crippen LogP contribution in [0.1, 0.15) is 29.9 Å². The Hall–Kier alpha value is -3.43. The van der Waals surface area contributed by atoms with E-state index < -0.39 is 36.5 Å². The lowest BCUT2D eigenvalue weighted by Gasteiger charge is -2.21. The molecule has 1 aliphatic rings. The number of carbonyl (C=O) groups is 3. The van der Waals surface area contributed by atoms with Crippen LogP contribution in [-0.4, -0.2) is 79.0 Å². The van der Waals surface area contributed by atoms with Crippen molar-refractivity contribution in [3.05, 3.63) is 59.7 Å². The summed E-state index contributed by atoms with van der Waals surface area (Å²) in [5, 5.41) is 23.6. The Labute approximate surface area is 198 Å². The number of benzene rings is 2. The summed E-state index contributed by atoms with van der Waals surface area (Å²) in [6.45, 7) is 0.425. The largest absolute Gasteiger partial charge is 0.481 e. The van der Waals surface area contributed by atoms with Crippen LogP contribution in [0.2, 0.25) is 0 Å². The number of alkyl carbamates (subject to hydrolysis) is 1. The van der Waals surface area contributed by atoms with Gasteiger partial charge in [0.1, 0.15) is 12.6 Å². The summed E-state index contributed by atoms with van der Waals surface area (Å²) in [6.07, 6.45) is -2.10. The second-order valence-corrected chi connectivity index (χ2v) is 8.61. The molecule has 0 saturated carbocycles. The Morgan fingerprint density at radius 2 is 1.62 bits per heavy atom. The van der Waals surface area contributed by atoms with Crippen molar-refractivity contribution in [2.45, 2.75) is 30.9 Å². The summed E-state index contributed by atoms with van der Waals surface area (Å²) >= 11 is 0. The van der Waals surface area contributed by atoms with Gasteiger partial charge in [0.25, 0.3) is 0 Å². The SMILES string of the molecule is CN(C)CCC(NC(=O)OCC1c2ccccc2-c2ccccc21)C(=O)NCC(O)CC(=O)O. The summed E-state index contributed by atoms with van der Waals surface area (Å²) in [7, 11) is 3.69. The fraction of sp³-hybridized carbons (Fsp3) is 0.400. The minimum absolute atomic E-state index is 0.0987. The quantitative estimate of drug-likeness (QED) is 0.395. The molecule has 4 N–H and O–H groups in total. The number of carboxylic acids is 1. The van der Waals surface area contributed by atoms with Crippen molar-refractivity contribution in [2.75, 3.05) is 33.8 Å². The maximum absolute atomic E-state index is 12.6. The molecule has 3 rings (SSSR count). The van der Waals surface area contributed by atoms with Crippen LogP contribution < -0.4 is 10.6 Å². The molecule has 0 heterocycles. The number of hydrogen-bond donors (Lipinski definition) is 4. The molecular weight excluding hydrogens is 438 g/mol. The zero-order valence-corrected chi connectivity index (χ0v) is 19.4. The van der Waals surface area contributed by atoms with Gasteiger partial charge in [-0.25, -0.2) is 4.79 Å². The molecule has 0 bridgehead atoms. The molecule has 182 valence electrons. The van der Waals surface area contributed by atoms with E-state index in [4.69, 9.17) is 9.84 Å². The second kappa shape index (κ2) is 11.6. The van der Waals surface area contributed by atoms with Gasteiger partial charge in [-0.3, -0.25) is 9.59 Å². The molecule has 34 heavy (non-hydrogen) atoms.